The summed E-state index contributed by atoms with van der Waals surface area (Å²) in [5.41, 5.74) is 2.57. The van der Waals surface area contributed by atoms with E-state index in [-0.39, 0.29) is 6.42 Å². The number of aromatic nitrogens is 3. The minimum atomic E-state index is -0.928. The number of halogens is 2. The summed E-state index contributed by atoms with van der Waals surface area (Å²) in [6.45, 7) is 0. The van der Waals surface area contributed by atoms with Crippen molar-refractivity contribution in [1.82, 2.24) is 14.6 Å². The summed E-state index contributed by atoms with van der Waals surface area (Å²) >= 11 is 11.9. The van der Waals surface area contributed by atoms with Crippen molar-refractivity contribution >= 4 is 34.8 Å². The molecule has 1 aromatic carbocycles. The number of rotatable bonds is 3. The van der Waals surface area contributed by atoms with E-state index in [4.69, 9.17) is 28.3 Å². The molecule has 3 rings (SSSR count). The molecule has 21 heavy (non-hydrogen) atoms. The first-order valence-electron chi connectivity index (χ1n) is 6.05. The number of carbonyl (C=O) groups is 1. The van der Waals surface area contributed by atoms with Crippen LogP contribution >= 0.6 is 23.2 Å². The third kappa shape index (κ3) is 2.84. The lowest BCUT2D eigenvalue weighted by molar-refractivity contribution is -0.136. The van der Waals surface area contributed by atoms with Crippen LogP contribution in [0.1, 0.15) is 5.69 Å². The van der Waals surface area contributed by atoms with Crippen molar-refractivity contribution in [3.8, 4) is 11.3 Å². The SMILES string of the molecule is O=C(O)Cc1cn2nc(-c3ccc(Cl)c(Cl)c3)ccc2n1. The summed E-state index contributed by atoms with van der Waals surface area (Å²) in [4.78, 5) is 14.9. The van der Waals surface area contributed by atoms with Crippen LogP contribution < -0.4 is 0 Å². The lowest BCUT2D eigenvalue weighted by Gasteiger charge is -2.03. The largest absolute Gasteiger partial charge is 0.481 e. The first kappa shape index (κ1) is 13.9. The third-order valence-electron chi connectivity index (χ3n) is 2.92. The Kier molecular flexibility index (Phi) is 3.53. The van der Waals surface area contributed by atoms with Crippen LogP contribution in [0.15, 0.2) is 36.5 Å². The van der Waals surface area contributed by atoms with E-state index in [2.05, 4.69) is 10.1 Å². The summed E-state index contributed by atoms with van der Waals surface area (Å²) in [6.07, 6.45) is 1.47. The Balaban J connectivity index is 2.03. The number of aliphatic carboxylic acids is 1. The van der Waals surface area contributed by atoms with E-state index in [9.17, 15) is 4.79 Å². The van der Waals surface area contributed by atoms with Crippen LogP contribution in [0, 0.1) is 0 Å². The molecule has 0 bridgehead atoms. The topological polar surface area (TPSA) is 67.5 Å². The molecule has 0 spiro atoms. The number of fused-ring (bicyclic) bond motifs is 1. The molecule has 0 aliphatic heterocycles. The molecule has 1 N–H and O–H groups in total. The quantitative estimate of drug-likeness (QED) is 0.803. The molecule has 106 valence electrons. The molecule has 3 aromatic rings. The molecule has 0 unspecified atom stereocenters. The molecule has 0 saturated heterocycles. The summed E-state index contributed by atoms with van der Waals surface area (Å²) in [7, 11) is 0. The van der Waals surface area contributed by atoms with E-state index in [0.717, 1.165) is 5.56 Å². The van der Waals surface area contributed by atoms with Gasteiger partial charge < -0.3 is 5.11 Å². The van der Waals surface area contributed by atoms with Gasteiger partial charge in [0.1, 0.15) is 0 Å². The number of carboxylic acid groups (broad SMARTS) is 1. The van der Waals surface area contributed by atoms with Gasteiger partial charge in [-0.3, -0.25) is 4.79 Å². The zero-order valence-electron chi connectivity index (χ0n) is 10.6. The van der Waals surface area contributed by atoms with Gasteiger partial charge in [-0.25, -0.2) is 9.50 Å². The highest BCUT2D eigenvalue weighted by atomic mass is 35.5. The third-order valence-corrected chi connectivity index (χ3v) is 3.66. The van der Waals surface area contributed by atoms with Gasteiger partial charge in [0.15, 0.2) is 5.65 Å². The average Bonchev–Trinajstić information content (AvgIpc) is 2.82. The van der Waals surface area contributed by atoms with Crippen molar-refractivity contribution in [2.75, 3.05) is 0 Å². The number of imidazole rings is 1. The van der Waals surface area contributed by atoms with Crippen LogP contribution in [0.3, 0.4) is 0 Å². The van der Waals surface area contributed by atoms with E-state index in [1.807, 2.05) is 6.07 Å². The highest BCUT2D eigenvalue weighted by Crippen LogP contribution is 2.27. The number of benzene rings is 1. The van der Waals surface area contributed by atoms with Crippen LogP contribution in [-0.2, 0) is 11.2 Å². The molecular weight excluding hydrogens is 313 g/mol. The molecule has 2 aromatic heterocycles. The Hall–Kier alpha value is -2.11. The van der Waals surface area contributed by atoms with E-state index in [1.165, 1.54) is 0 Å². The summed E-state index contributed by atoms with van der Waals surface area (Å²) < 4.78 is 1.55. The number of hydrogen-bond acceptors (Lipinski definition) is 3. The van der Waals surface area contributed by atoms with Gasteiger partial charge in [0.25, 0.3) is 0 Å². The maximum Gasteiger partial charge on any atom is 0.309 e. The van der Waals surface area contributed by atoms with Gasteiger partial charge in [0.05, 0.1) is 34.1 Å². The van der Waals surface area contributed by atoms with Crippen molar-refractivity contribution in [2.45, 2.75) is 6.42 Å². The number of hydrogen-bond donors (Lipinski definition) is 1. The molecule has 0 fully saturated rings. The minimum absolute atomic E-state index is 0.133. The van der Waals surface area contributed by atoms with E-state index >= 15 is 0 Å². The van der Waals surface area contributed by atoms with E-state index in [1.54, 1.807) is 35.0 Å². The van der Waals surface area contributed by atoms with Gasteiger partial charge in [-0.1, -0.05) is 29.3 Å². The lowest BCUT2D eigenvalue weighted by Crippen LogP contribution is -1.99. The predicted octanol–water partition coefficient (Wildman–Crippen LogP) is 3.33. The van der Waals surface area contributed by atoms with Crippen LogP contribution in [0.25, 0.3) is 16.9 Å². The average molecular weight is 322 g/mol. The number of carboxylic acids is 1. The molecule has 7 heteroatoms. The van der Waals surface area contributed by atoms with E-state index in [0.29, 0.717) is 27.1 Å². The van der Waals surface area contributed by atoms with Crippen LogP contribution in [0.2, 0.25) is 10.0 Å². The highest BCUT2D eigenvalue weighted by molar-refractivity contribution is 6.42. The maximum atomic E-state index is 10.7. The monoisotopic (exact) mass is 321 g/mol. The van der Waals surface area contributed by atoms with Gasteiger partial charge in [-0.05, 0) is 24.3 Å². The highest BCUT2D eigenvalue weighted by Gasteiger charge is 2.09. The fourth-order valence-corrected chi connectivity index (χ4v) is 2.28. The fraction of sp³-hybridized carbons (Fsp3) is 0.0714. The Morgan fingerprint density at radius 3 is 2.71 bits per heavy atom. The number of nitrogens with zero attached hydrogens (tertiary/aromatic N) is 3. The molecule has 2 heterocycles. The molecule has 0 saturated carbocycles. The lowest BCUT2D eigenvalue weighted by atomic mass is 10.1. The zero-order valence-corrected chi connectivity index (χ0v) is 12.1. The van der Waals surface area contributed by atoms with Gasteiger partial charge in [0, 0.05) is 5.56 Å². The van der Waals surface area contributed by atoms with Crippen LogP contribution in [-0.4, -0.2) is 25.7 Å². The summed E-state index contributed by atoms with van der Waals surface area (Å²) in [5.74, 6) is -0.928. The Morgan fingerprint density at radius 1 is 1.19 bits per heavy atom. The molecular formula is C14H9Cl2N3O2. The predicted molar refractivity (Wildman–Crippen MR) is 79.8 cm³/mol. The smallest absolute Gasteiger partial charge is 0.309 e. The Morgan fingerprint density at radius 2 is 2.00 bits per heavy atom. The fourth-order valence-electron chi connectivity index (χ4n) is 1.98. The van der Waals surface area contributed by atoms with Gasteiger partial charge in [0.2, 0.25) is 0 Å². The normalized spacial score (nSPS) is 11.0. The van der Waals surface area contributed by atoms with Crippen molar-refractivity contribution in [3.63, 3.8) is 0 Å². The van der Waals surface area contributed by atoms with Crippen LogP contribution in [0.4, 0.5) is 0 Å². The second-order valence-electron chi connectivity index (χ2n) is 4.45. The van der Waals surface area contributed by atoms with Crippen molar-refractivity contribution in [1.29, 1.82) is 0 Å². The molecule has 5 nitrogen and oxygen atoms in total. The molecule has 0 aliphatic carbocycles. The first-order chi connectivity index (χ1) is 10.0. The Labute approximate surface area is 129 Å². The van der Waals surface area contributed by atoms with Gasteiger partial charge in [-0.2, -0.15) is 5.10 Å². The molecule has 0 aliphatic rings. The molecule has 0 radical (unpaired) electrons. The molecule has 0 atom stereocenters. The van der Waals surface area contributed by atoms with Gasteiger partial charge in [-0.15, -0.1) is 0 Å². The first-order valence-corrected chi connectivity index (χ1v) is 6.81. The standard InChI is InChI=1S/C14H9Cl2N3O2/c15-10-2-1-8(5-11(10)16)12-3-4-13-17-9(6-14(20)21)7-19(13)18-12/h1-5,7H,6H2,(H,20,21). The second kappa shape index (κ2) is 5.35. The zero-order chi connectivity index (χ0) is 15.0. The van der Waals surface area contributed by atoms with Gasteiger partial charge >= 0.3 is 5.97 Å². The van der Waals surface area contributed by atoms with Crippen molar-refractivity contribution < 1.29 is 9.90 Å². The summed E-state index contributed by atoms with van der Waals surface area (Å²) in [6, 6.07) is 8.82. The molecule has 0 amide bonds. The maximum absolute atomic E-state index is 10.7. The van der Waals surface area contributed by atoms with Crippen LogP contribution in [0.5, 0.6) is 0 Å². The Bertz CT molecular complexity index is 845. The van der Waals surface area contributed by atoms with E-state index < -0.39 is 5.97 Å². The minimum Gasteiger partial charge on any atom is -0.481 e. The van der Waals surface area contributed by atoms with Crippen molar-refractivity contribution in [3.05, 3.63) is 52.3 Å². The summed E-state index contributed by atoms with van der Waals surface area (Å²) in [5, 5.41) is 14.1. The second-order valence-corrected chi connectivity index (χ2v) is 5.27. The van der Waals surface area contributed by atoms with Crippen molar-refractivity contribution in [2.24, 2.45) is 0 Å².